The Balaban J connectivity index is 1.76. The Kier molecular flexibility index (Phi) is 5.09. The van der Waals surface area contributed by atoms with Gasteiger partial charge < -0.3 is 9.64 Å². The Bertz CT molecular complexity index is 814. The number of benzene rings is 1. The summed E-state index contributed by atoms with van der Waals surface area (Å²) < 4.78 is 5.60. The van der Waals surface area contributed by atoms with Crippen LogP contribution in [-0.2, 0) is 0 Å². The fourth-order valence-corrected chi connectivity index (χ4v) is 5.26. The molecule has 2 aromatic rings. The van der Waals surface area contributed by atoms with E-state index in [0.29, 0.717) is 17.7 Å². The summed E-state index contributed by atoms with van der Waals surface area (Å²) >= 11 is 8.34. The van der Waals surface area contributed by atoms with Gasteiger partial charge in [0.05, 0.1) is 23.4 Å². The van der Waals surface area contributed by atoms with Crippen molar-refractivity contribution in [3.8, 4) is 5.75 Å². The van der Waals surface area contributed by atoms with E-state index < -0.39 is 0 Å². The first kappa shape index (κ1) is 17.7. The molecular weight excluding hydrogens is 366 g/mol. The van der Waals surface area contributed by atoms with E-state index in [1.165, 1.54) is 0 Å². The molecule has 1 aromatic heterocycles. The Morgan fingerprint density at radius 1 is 1.27 bits per heavy atom. The second kappa shape index (κ2) is 7.49. The monoisotopic (exact) mass is 387 g/mol. The average Bonchev–Trinajstić information content (AvgIpc) is 3.23. The van der Waals surface area contributed by atoms with E-state index in [0.717, 1.165) is 34.3 Å². The molecule has 4 rings (SSSR count). The van der Waals surface area contributed by atoms with Crippen LogP contribution in [0.4, 0.5) is 0 Å². The van der Waals surface area contributed by atoms with Crippen LogP contribution in [-0.4, -0.2) is 33.5 Å². The predicted octanol–water partition coefficient (Wildman–Crippen LogP) is 5.11. The highest BCUT2D eigenvalue weighted by atomic mass is 35.5. The topological polar surface area (TPSA) is 37.7 Å². The van der Waals surface area contributed by atoms with Gasteiger partial charge in [0.25, 0.3) is 0 Å². The largest absolute Gasteiger partial charge is 0.492 e. The molecule has 4 nitrogen and oxygen atoms in total. The van der Waals surface area contributed by atoms with Gasteiger partial charge in [0.15, 0.2) is 5.17 Å². The van der Waals surface area contributed by atoms with E-state index in [2.05, 4.69) is 28.9 Å². The van der Waals surface area contributed by atoms with Gasteiger partial charge in [-0.2, -0.15) is 0 Å². The standard InChI is InChI=1S/C20H22ClN3OS/c1-3-14-12-26-20-23-18(16-7-5-6-10-22-16)19(24(14)20)13-8-9-17(25-4-2)15(21)11-13/h5-11,14,18-19H,3-4,12H2,1-2H3/t14-,18+,19-/m1/s1. The number of aliphatic imine (C=N–C) groups is 1. The molecular formula is C20H22ClN3OS. The number of amidine groups is 1. The summed E-state index contributed by atoms with van der Waals surface area (Å²) in [6.45, 7) is 4.81. The van der Waals surface area contributed by atoms with Gasteiger partial charge in [-0.25, -0.2) is 0 Å². The zero-order valence-electron chi connectivity index (χ0n) is 14.9. The van der Waals surface area contributed by atoms with Crippen LogP contribution >= 0.6 is 23.4 Å². The Morgan fingerprint density at radius 2 is 2.15 bits per heavy atom. The van der Waals surface area contributed by atoms with Gasteiger partial charge in [0.1, 0.15) is 11.8 Å². The lowest BCUT2D eigenvalue weighted by molar-refractivity contribution is 0.255. The van der Waals surface area contributed by atoms with Crippen LogP contribution in [0.3, 0.4) is 0 Å². The maximum atomic E-state index is 6.49. The minimum Gasteiger partial charge on any atom is -0.492 e. The molecule has 0 bridgehead atoms. The third-order valence-electron chi connectivity index (χ3n) is 4.93. The van der Waals surface area contributed by atoms with Crippen LogP contribution in [0.25, 0.3) is 0 Å². The summed E-state index contributed by atoms with van der Waals surface area (Å²) in [5, 5.41) is 1.78. The lowest BCUT2D eigenvalue weighted by atomic mass is 9.95. The third-order valence-corrected chi connectivity index (χ3v) is 6.35. The first-order valence-electron chi connectivity index (χ1n) is 9.05. The van der Waals surface area contributed by atoms with Crippen molar-refractivity contribution in [1.82, 2.24) is 9.88 Å². The molecule has 2 aliphatic heterocycles. The highest BCUT2D eigenvalue weighted by molar-refractivity contribution is 8.14. The van der Waals surface area contributed by atoms with Crippen LogP contribution < -0.4 is 4.74 Å². The number of rotatable bonds is 5. The molecule has 0 unspecified atom stereocenters. The molecule has 0 N–H and O–H groups in total. The molecule has 0 aliphatic carbocycles. The van der Waals surface area contributed by atoms with E-state index in [9.17, 15) is 0 Å². The van der Waals surface area contributed by atoms with Crippen LogP contribution in [0.2, 0.25) is 5.02 Å². The molecule has 136 valence electrons. The van der Waals surface area contributed by atoms with E-state index >= 15 is 0 Å². The van der Waals surface area contributed by atoms with Crippen molar-refractivity contribution in [3.05, 3.63) is 58.9 Å². The number of nitrogens with zero attached hydrogens (tertiary/aromatic N) is 3. The molecule has 3 atom stereocenters. The number of aromatic nitrogens is 1. The number of hydrogen-bond acceptors (Lipinski definition) is 5. The second-order valence-electron chi connectivity index (χ2n) is 6.46. The predicted molar refractivity (Wildman–Crippen MR) is 108 cm³/mol. The van der Waals surface area contributed by atoms with Gasteiger partial charge >= 0.3 is 0 Å². The molecule has 1 fully saturated rings. The lowest BCUT2D eigenvalue weighted by Gasteiger charge is -2.32. The Morgan fingerprint density at radius 3 is 2.85 bits per heavy atom. The minimum atomic E-state index is -0.0120. The fraction of sp³-hybridized carbons (Fsp3) is 0.400. The van der Waals surface area contributed by atoms with Crippen molar-refractivity contribution in [3.63, 3.8) is 0 Å². The number of pyridine rings is 1. The van der Waals surface area contributed by atoms with Gasteiger partial charge in [0, 0.05) is 18.0 Å². The number of fused-ring (bicyclic) bond motifs is 1. The summed E-state index contributed by atoms with van der Waals surface area (Å²) in [5.74, 6) is 1.82. The quantitative estimate of drug-likeness (QED) is 0.714. The zero-order valence-corrected chi connectivity index (χ0v) is 16.5. The molecule has 6 heteroatoms. The number of ether oxygens (including phenoxy) is 1. The van der Waals surface area contributed by atoms with Gasteiger partial charge in [-0.05, 0) is 43.2 Å². The van der Waals surface area contributed by atoms with E-state index in [1.54, 1.807) is 0 Å². The van der Waals surface area contributed by atoms with Crippen LogP contribution in [0, 0.1) is 0 Å². The first-order chi connectivity index (χ1) is 12.7. The molecule has 26 heavy (non-hydrogen) atoms. The maximum Gasteiger partial charge on any atom is 0.160 e. The fourth-order valence-electron chi connectivity index (χ4n) is 3.68. The number of thioether (sulfide) groups is 1. The molecule has 1 saturated heterocycles. The SMILES string of the molecule is CCOc1ccc([C@@H]2[C@H](c3ccccn3)N=C3SC[C@@H](CC)N32)cc1Cl. The maximum absolute atomic E-state index is 6.49. The summed E-state index contributed by atoms with van der Waals surface area (Å²) in [5.41, 5.74) is 2.16. The van der Waals surface area contributed by atoms with Crippen LogP contribution in [0.5, 0.6) is 5.75 Å². The van der Waals surface area contributed by atoms with Gasteiger partial charge in [-0.15, -0.1) is 0 Å². The molecule has 0 amide bonds. The molecule has 1 aromatic carbocycles. The van der Waals surface area contributed by atoms with Gasteiger partial charge in [-0.3, -0.25) is 9.98 Å². The molecule has 2 aliphatic rings. The van der Waals surface area contributed by atoms with E-state index in [4.69, 9.17) is 21.3 Å². The van der Waals surface area contributed by atoms with Crippen molar-refractivity contribution in [2.75, 3.05) is 12.4 Å². The Labute approximate surface area is 163 Å². The summed E-state index contributed by atoms with van der Waals surface area (Å²) in [6.07, 6.45) is 2.94. The summed E-state index contributed by atoms with van der Waals surface area (Å²) in [7, 11) is 0. The first-order valence-corrected chi connectivity index (χ1v) is 10.4. The number of hydrogen-bond donors (Lipinski definition) is 0. The van der Waals surface area contributed by atoms with Gasteiger partial charge in [-0.1, -0.05) is 42.4 Å². The van der Waals surface area contributed by atoms with Crippen molar-refractivity contribution < 1.29 is 4.74 Å². The van der Waals surface area contributed by atoms with Crippen molar-refractivity contribution in [2.45, 2.75) is 38.4 Å². The summed E-state index contributed by atoms with van der Waals surface area (Å²) in [6, 6.07) is 12.7. The smallest absolute Gasteiger partial charge is 0.160 e. The van der Waals surface area contributed by atoms with Crippen molar-refractivity contribution in [2.24, 2.45) is 4.99 Å². The van der Waals surface area contributed by atoms with E-state index in [-0.39, 0.29) is 12.1 Å². The highest BCUT2D eigenvalue weighted by Gasteiger charge is 2.45. The third kappa shape index (κ3) is 3.08. The Hall–Kier alpha value is -1.72. The zero-order chi connectivity index (χ0) is 18.1. The van der Waals surface area contributed by atoms with E-state index in [1.807, 2.05) is 49.1 Å². The highest BCUT2D eigenvalue weighted by Crippen LogP contribution is 2.49. The minimum absolute atomic E-state index is 0.0120. The van der Waals surface area contributed by atoms with Crippen molar-refractivity contribution in [1.29, 1.82) is 0 Å². The summed E-state index contributed by atoms with van der Waals surface area (Å²) in [4.78, 5) is 12.1. The van der Waals surface area contributed by atoms with Crippen molar-refractivity contribution >= 4 is 28.5 Å². The van der Waals surface area contributed by atoms with Crippen LogP contribution in [0.15, 0.2) is 47.6 Å². The lowest BCUT2D eigenvalue weighted by Crippen LogP contribution is -2.35. The van der Waals surface area contributed by atoms with Crippen LogP contribution in [0.1, 0.15) is 43.6 Å². The second-order valence-corrected chi connectivity index (χ2v) is 7.85. The average molecular weight is 388 g/mol. The number of halogens is 1. The normalized spacial score (nSPS) is 24.5. The van der Waals surface area contributed by atoms with Gasteiger partial charge in [0.2, 0.25) is 0 Å². The molecule has 3 heterocycles. The molecule has 0 spiro atoms. The molecule has 0 saturated carbocycles. The molecule has 0 radical (unpaired) electrons.